The van der Waals surface area contributed by atoms with E-state index in [0.717, 1.165) is 29.9 Å². The molecule has 25 heavy (non-hydrogen) atoms. The third kappa shape index (κ3) is 3.84. The quantitative estimate of drug-likeness (QED) is 0.463. The van der Waals surface area contributed by atoms with Crippen molar-refractivity contribution in [2.75, 3.05) is 12.4 Å². The molecular formula is C19H24N2O3S. The normalized spacial score (nSPS) is 15.8. The second-order valence-electron chi connectivity index (χ2n) is 6.40. The molecule has 1 fully saturated rings. The van der Waals surface area contributed by atoms with E-state index in [1.807, 2.05) is 6.08 Å². The smallest absolute Gasteiger partial charge is 0.280 e. The maximum atomic E-state index is 12.4. The van der Waals surface area contributed by atoms with Crippen molar-refractivity contribution in [3.05, 3.63) is 45.9 Å². The molecule has 2 heterocycles. The van der Waals surface area contributed by atoms with Crippen LogP contribution in [0.15, 0.2) is 33.3 Å². The molecule has 0 saturated heterocycles. The Labute approximate surface area is 152 Å². The Bertz CT molecular complexity index is 888. The van der Waals surface area contributed by atoms with Crippen LogP contribution in [-0.4, -0.2) is 21.9 Å². The predicted octanol–water partition coefficient (Wildman–Crippen LogP) is 3.87. The zero-order valence-corrected chi connectivity index (χ0v) is 15.8. The first-order valence-electron chi connectivity index (χ1n) is 8.66. The summed E-state index contributed by atoms with van der Waals surface area (Å²) >= 11 is 4.37. The Morgan fingerprint density at radius 2 is 2.24 bits per heavy atom. The molecule has 2 aromatic heterocycles. The van der Waals surface area contributed by atoms with Gasteiger partial charge in [0.05, 0.1) is 6.61 Å². The van der Waals surface area contributed by atoms with Crippen molar-refractivity contribution in [1.82, 2.24) is 9.55 Å². The maximum Gasteiger partial charge on any atom is 0.280 e. The minimum atomic E-state index is -0.166. The van der Waals surface area contributed by atoms with Crippen molar-refractivity contribution in [3.63, 3.8) is 0 Å². The van der Waals surface area contributed by atoms with Gasteiger partial charge in [0, 0.05) is 37.1 Å². The van der Waals surface area contributed by atoms with Crippen LogP contribution in [0.1, 0.15) is 37.6 Å². The van der Waals surface area contributed by atoms with Gasteiger partial charge in [-0.15, -0.1) is 0 Å². The molecule has 5 nitrogen and oxygen atoms in total. The lowest BCUT2D eigenvalue weighted by Gasteiger charge is -2.15. The number of nitrogens with zero attached hydrogens (tertiary/aromatic N) is 2. The molecule has 1 aliphatic rings. The monoisotopic (exact) mass is 360 g/mol. The number of hydrogen-bond acceptors (Lipinski definition) is 5. The Balaban J connectivity index is 2.12. The first-order chi connectivity index (χ1) is 12.0. The summed E-state index contributed by atoms with van der Waals surface area (Å²) in [6.07, 6.45) is 9.17. The number of fused-ring (bicyclic) bond motifs is 1. The highest BCUT2D eigenvalue weighted by Gasteiger charge is 2.24. The summed E-state index contributed by atoms with van der Waals surface area (Å²) in [6.45, 7) is 4.55. The van der Waals surface area contributed by atoms with Crippen molar-refractivity contribution in [1.29, 1.82) is 0 Å². The van der Waals surface area contributed by atoms with Gasteiger partial charge < -0.3 is 13.7 Å². The summed E-state index contributed by atoms with van der Waals surface area (Å²) in [5.74, 6) is 2.51. The lowest BCUT2D eigenvalue weighted by molar-refractivity contribution is 0.213. The largest absolute Gasteiger partial charge is 0.493 e. The van der Waals surface area contributed by atoms with E-state index < -0.39 is 0 Å². The van der Waals surface area contributed by atoms with Crippen molar-refractivity contribution in [3.8, 4) is 0 Å². The molecule has 134 valence electrons. The highest BCUT2D eigenvalue weighted by Crippen LogP contribution is 2.34. The average Bonchev–Trinajstić information content (AvgIpc) is 3.33. The highest BCUT2D eigenvalue weighted by atomic mass is 32.1. The standard InChI is InChI=1S/C19H24N2O3S/c1-4-5-16(23-11-13-6-7-13)14(8-9-25)15-10-21(3)19(22)17-18(15)24-12(2)20-17/h5,8,10,13,25H,4,6-7,9,11H2,1-3H3/b14-8-,16-5+. The number of aryl methyl sites for hydroxylation is 2. The SMILES string of the molecule is CC/C=C(OCC1CC1)\C(=C/CS)c1cn(C)c(=O)c2nc(C)oc12. The Kier molecular flexibility index (Phi) is 5.37. The molecule has 0 spiro atoms. The molecule has 1 saturated carbocycles. The van der Waals surface area contributed by atoms with Crippen LogP contribution >= 0.6 is 12.6 Å². The number of rotatable bonds is 7. The summed E-state index contributed by atoms with van der Waals surface area (Å²) < 4.78 is 13.4. The van der Waals surface area contributed by atoms with Crippen LogP contribution in [0.4, 0.5) is 0 Å². The second kappa shape index (κ2) is 7.52. The van der Waals surface area contributed by atoms with Gasteiger partial charge in [-0.1, -0.05) is 13.0 Å². The summed E-state index contributed by atoms with van der Waals surface area (Å²) in [5.41, 5.74) is 2.39. The molecule has 2 aromatic rings. The van der Waals surface area contributed by atoms with Crippen molar-refractivity contribution >= 4 is 29.3 Å². The number of pyridine rings is 1. The van der Waals surface area contributed by atoms with Crippen LogP contribution in [0.25, 0.3) is 16.7 Å². The van der Waals surface area contributed by atoms with Gasteiger partial charge in [0.2, 0.25) is 0 Å². The minimum Gasteiger partial charge on any atom is -0.493 e. The van der Waals surface area contributed by atoms with Gasteiger partial charge in [-0.2, -0.15) is 12.6 Å². The zero-order chi connectivity index (χ0) is 18.0. The van der Waals surface area contributed by atoms with Gasteiger partial charge in [0.25, 0.3) is 5.56 Å². The van der Waals surface area contributed by atoms with Crippen LogP contribution in [-0.2, 0) is 11.8 Å². The highest BCUT2D eigenvalue weighted by molar-refractivity contribution is 7.80. The molecule has 0 amide bonds. The van der Waals surface area contributed by atoms with Gasteiger partial charge in [-0.25, -0.2) is 4.98 Å². The number of aromatic nitrogens is 2. The van der Waals surface area contributed by atoms with E-state index in [9.17, 15) is 4.79 Å². The van der Waals surface area contributed by atoms with Crippen molar-refractivity contribution in [2.24, 2.45) is 13.0 Å². The predicted molar refractivity (Wildman–Crippen MR) is 103 cm³/mol. The fourth-order valence-corrected chi connectivity index (χ4v) is 2.97. The Morgan fingerprint density at radius 3 is 2.88 bits per heavy atom. The molecule has 6 heteroatoms. The molecule has 0 bridgehead atoms. The summed E-state index contributed by atoms with van der Waals surface area (Å²) in [5, 5.41) is 0. The van der Waals surface area contributed by atoms with Gasteiger partial charge in [-0.05, 0) is 31.3 Å². The summed E-state index contributed by atoms with van der Waals surface area (Å²) in [4.78, 5) is 16.6. The van der Waals surface area contributed by atoms with Crippen LogP contribution < -0.4 is 5.56 Å². The number of oxazole rings is 1. The summed E-state index contributed by atoms with van der Waals surface area (Å²) in [6, 6.07) is 0. The third-order valence-electron chi connectivity index (χ3n) is 4.24. The molecular weight excluding hydrogens is 336 g/mol. The Morgan fingerprint density at radius 1 is 1.48 bits per heavy atom. The van der Waals surface area contributed by atoms with E-state index in [1.54, 1.807) is 20.2 Å². The van der Waals surface area contributed by atoms with E-state index in [2.05, 4.69) is 30.6 Å². The molecule has 0 N–H and O–H groups in total. The molecule has 3 rings (SSSR count). The van der Waals surface area contributed by atoms with Gasteiger partial charge in [0.1, 0.15) is 5.76 Å². The Hall–Kier alpha value is -1.95. The summed E-state index contributed by atoms with van der Waals surface area (Å²) in [7, 11) is 1.72. The van der Waals surface area contributed by atoms with Crippen LogP contribution in [0.2, 0.25) is 0 Å². The van der Waals surface area contributed by atoms with E-state index in [4.69, 9.17) is 9.15 Å². The second-order valence-corrected chi connectivity index (χ2v) is 6.77. The van der Waals surface area contributed by atoms with E-state index in [1.165, 1.54) is 17.4 Å². The van der Waals surface area contributed by atoms with Crippen molar-refractivity contribution in [2.45, 2.75) is 33.1 Å². The lowest BCUT2D eigenvalue weighted by atomic mass is 10.0. The van der Waals surface area contributed by atoms with E-state index >= 15 is 0 Å². The molecule has 0 aliphatic heterocycles. The first-order valence-corrected chi connectivity index (χ1v) is 9.29. The topological polar surface area (TPSA) is 57.3 Å². The van der Waals surface area contributed by atoms with E-state index in [0.29, 0.717) is 28.7 Å². The van der Waals surface area contributed by atoms with Gasteiger partial charge in [0.15, 0.2) is 17.0 Å². The lowest BCUT2D eigenvalue weighted by Crippen LogP contribution is -2.17. The third-order valence-corrected chi connectivity index (χ3v) is 4.42. The minimum absolute atomic E-state index is 0.166. The number of hydrogen-bond donors (Lipinski definition) is 1. The maximum absolute atomic E-state index is 12.4. The van der Waals surface area contributed by atoms with Gasteiger partial charge >= 0.3 is 0 Å². The zero-order valence-electron chi connectivity index (χ0n) is 14.9. The fourth-order valence-electron chi connectivity index (χ4n) is 2.78. The molecule has 0 radical (unpaired) electrons. The van der Waals surface area contributed by atoms with Crippen LogP contribution in [0.5, 0.6) is 0 Å². The number of thiol groups is 1. The van der Waals surface area contributed by atoms with E-state index in [-0.39, 0.29) is 5.56 Å². The molecule has 1 aliphatic carbocycles. The fraction of sp³-hybridized carbons (Fsp3) is 0.474. The molecule has 0 aromatic carbocycles. The van der Waals surface area contributed by atoms with Crippen LogP contribution in [0.3, 0.4) is 0 Å². The van der Waals surface area contributed by atoms with Gasteiger partial charge in [-0.3, -0.25) is 4.79 Å². The number of allylic oxidation sites excluding steroid dienone is 2. The molecule has 0 atom stereocenters. The van der Waals surface area contributed by atoms with Crippen LogP contribution in [0, 0.1) is 12.8 Å². The first kappa shape index (κ1) is 17.9. The number of ether oxygens (including phenoxy) is 1. The molecule has 0 unspecified atom stereocenters. The van der Waals surface area contributed by atoms with Crippen molar-refractivity contribution < 1.29 is 9.15 Å². The average molecular weight is 360 g/mol.